The molecule has 0 aromatic heterocycles. The number of nitrogens with zero attached hydrogens (tertiary/aromatic N) is 3. The van der Waals surface area contributed by atoms with E-state index < -0.39 is 22.8 Å². The standard InChI is InChI=1S/C44H38N4O7/c1-2-54-40-24-28(16-17-39(40)55-27-29-10-9-15-32(22-29)48(52)53)23-38-42(49)45-44(51)47(43(38)50)33-25-36-34(30-11-5-3-6-12-30)18-20-46-21-19-35(37(26-33)41(36)46)31-13-7-4-8-14-31/h3-17,22-26,34-35H,2,18-21,27H2,1H3,(H,45,49,51)/b38-23+/t34-,35+. The highest BCUT2D eigenvalue weighted by atomic mass is 16.6. The molecule has 4 amide bonds. The highest BCUT2D eigenvalue weighted by Crippen LogP contribution is 2.50. The molecular weight excluding hydrogens is 697 g/mol. The van der Waals surface area contributed by atoms with Crippen molar-refractivity contribution in [3.63, 3.8) is 0 Å². The Kier molecular flexibility index (Phi) is 9.59. The maximum absolute atomic E-state index is 14.4. The first-order valence-corrected chi connectivity index (χ1v) is 18.4. The zero-order chi connectivity index (χ0) is 38.1. The molecule has 0 spiro atoms. The molecule has 1 fully saturated rings. The number of non-ortho nitro benzene ring substituents is 1. The molecule has 0 radical (unpaired) electrons. The molecule has 11 nitrogen and oxygen atoms in total. The van der Waals surface area contributed by atoms with E-state index in [1.165, 1.54) is 18.2 Å². The predicted molar refractivity (Wildman–Crippen MR) is 209 cm³/mol. The molecule has 1 N–H and O–H groups in total. The van der Waals surface area contributed by atoms with Crippen LogP contribution < -0.4 is 24.6 Å². The molecule has 0 saturated carbocycles. The fraction of sp³-hybridized carbons (Fsp3) is 0.205. The minimum atomic E-state index is -0.810. The number of barbiturate groups is 1. The first-order valence-electron chi connectivity index (χ1n) is 18.4. The number of ether oxygens (including phenoxy) is 2. The Morgan fingerprint density at radius 3 is 2.05 bits per heavy atom. The summed E-state index contributed by atoms with van der Waals surface area (Å²) in [6.07, 6.45) is 3.20. The number of nitro benzene ring substituents is 1. The Morgan fingerprint density at radius 1 is 0.782 bits per heavy atom. The van der Waals surface area contributed by atoms with Crippen molar-refractivity contribution in [1.82, 2.24) is 5.32 Å². The molecule has 0 bridgehead atoms. The van der Waals surface area contributed by atoms with Crippen LogP contribution in [0.15, 0.2) is 121 Å². The first-order chi connectivity index (χ1) is 26.8. The van der Waals surface area contributed by atoms with Crippen LogP contribution in [0.4, 0.5) is 21.9 Å². The molecule has 2 atom stereocenters. The zero-order valence-electron chi connectivity index (χ0n) is 30.1. The van der Waals surface area contributed by atoms with Crippen molar-refractivity contribution in [1.29, 1.82) is 0 Å². The maximum atomic E-state index is 14.4. The van der Waals surface area contributed by atoms with Crippen molar-refractivity contribution in [2.75, 3.05) is 29.5 Å². The fourth-order valence-electron chi connectivity index (χ4n) is 7.95. The van der Waals surface area contributed by atoms with Gasteiger partial charge in [0.25, 0.3) is 17.5 Å². The summed E-state index contributed by atoms with van der Waals surface area (Å²) in [4.78, 5) is 55.6. The van der Waals surface area contributed by atoms with Gasteiger partial charge in [-0.15, -0.1) is 0 Å². The summed E-state index contributed by atoms with van der Waals surface area (Å²) in [6.45, 7) is 3.96. The summed E-state index contributed by atoms with van der Waals surface area (Å²) < 4.78 is 11.8. The van der Waals surface area contributed by atoms with Gasteiger partial charge in [-0.1, -0.05) is 78.9 Å². The Balaban J connectivity index is 1.16. The Morgan fingerprint density at radius 2 is 1.44 bits per heavy atom. The molecule has 276 valence electrons. The number of hydrogen-bond acceptors (Lipinski definition) is 8. The van der Waals surface area contributed by atoms with E-state index in [1.54, 1.807) is 30.3 Å². The number of imide groups is 2. The number of benzene rings is 5. The summed E-state index contributed by atoms with van der Waals surface area (Å²) in [7, 11) is 0. The van der Waals surface area contributed by atoms with Crippen LogP contribution in [0.1, 0.15) is 65.0 Å². The fourth-order valence-corrected chi connectivity index (χ4v) is 7.95. The van der Waals surface area contributed by atoms with Gasteiger partial charge in [0.05, 0.1) is 17.2 Å². The molecule has 0 unspecified atom stereocenters. The van der Waals surface area contributed by atoms with Crippen LogP contribution in [0.3, 0.4) is 0 Å². The molecule has 3 aliphatic rings. The third-order valence-corrected chi connectivity index (χ3v) is 10.5. The van der Waals surface area contributed by atoms with Gasteiger partial charge in [0.2, 0.25) is 0 Å². The molecule has 11 heteroatoms. The van der Waals surface area contributed by atoms with E-state index in [0.29, 0.717) is 34.9 Å². The van der Waals surface area contributed by atoms with Crippen LogP contribution in [0.25, 0.3) is 6.08 Å². The van der Waals surface area contributed by atoms with Crippen LogP contribution in [-0.2, 0) is 16.2 Å². The molecular formula is C44H38N4O7. The molecule has 8 rings (SSSR count). The van der Waals surface area contributed by atoms with Gasteiger partial charge in [-0.25, -0.2) is 9.69 Å². The number of nitrogens with one attached hydrogen (secondary N) is 1. The summed E-state index contributed by atoms with van der Waals surface area (Å²) in [5.74, 6) is -0.697. The van der Waals surface area contributed by atoms with Gasteiger partial charge in [0.1, 0.15) is 12.2 Å². The topological polar surface area (TPSA) is 131 Å². The van der Waals surface area contributed by atoms with E-state index in [2.05, 4.69) is 34.5 Å². The zero-order valence-corrected chi connectivity index (χ0v) is 30.1. The van der Waals surface area contributed by atoms with Crippen LogP contribution in [0, 0.1) is 10.1 Å². The Bertz CT molecular complexity index is 2270. The lowest BCUT2D eigenvalue weighted by Crippen LogP contribution is -2.54. The van der Waals surface area contributed by atoms with Crippen molar-refractivity contribution >= 4 is 41.0 Å². The maximum Gasteiger partial charge on any atom is 0.335 e. The Labute approximate surface area is 317 Å². The molecule has 5 aromatic rings. The lowest BCUT2D eigenvalue weighted by Gasteiger charge is -2.44. The van der Waals surface area contributed by atoms with Crippen molar-refractivity contribution < 1.29 is 28.8 Å². The van der Waals surface area contributed by atoms with Gasteiger partial charge in [-0.3, -0.25) is 25.0 Å². The van der Waals surface area contributed by atoms with E-state index in [-0.39, 0.29) is 29.7 Å². The van der Waals surface area contributed by atoms with Gasteiger partial charge >= 0.3 is 6.03 Å². The van der Waals surface area contributed by atoms with E-state index in [9.17, 15) is 24.5 Å². The van der Waals surface area contributed by atoms with Crippen LogP contribution in [-0.4, -0.2) is 42.5 Å². The third kappa shape index (κ3) is 6.92. The average molecular weight is 735 g/mol. The largest absolute Gasteiger partial charge is 0.490 e. The van der Waals surface area contributed by atoms with E-state index in [0.717, 1.165) is 58.8 Å². The van der Waals surface area contributed by atoms with Crippen LogP contribution >= 0.6 is 0 Å². The SMILES string of the molecule is CCOc1cc(/C=C2\C(=O)NC(=O)N(c3cc4c5c(c3)[C@H](c3ccccc3)CCN5CC[C@@H]4c3ccccc3)C2=O)ccc1OCc1cccc([N+](=O)[O-])c1. The van der Waals surface area contributed by atoms with Crippen LogP contribution in [0.2, 0.25) is 0 Å². The van der Waals surface area contributed by atoms with Gasteiger partial charge in [0.15, 0.2) is 11.5 Å². The monoisotopic (exact) mass is 734 g/mol. The average Bonchev–Trinajstić information content (AvgIpc) is 3.20. The number of rotatable bonds is 10. The molecule has 0 aliphatic carbocycles. The highest BCUT2D eigenvalue weighted by Gasteiger charge is 2.40. The molecule has 3 heterocycles. The Hall–Kier alpha value is -6.75. The molecule has 1 saturated heterocycles. The quantitative estimate of drug-likeness (QED) is 0.0659. The highest BCUT2D eigenvalue weighted by molar-refractivity contribution is 6.39. The van der Waals surface area contributed by atoms with Crippen LogP contribution in [0.5, 0.6) is 11.5 Å². The second-order valence-electron chi connectivity index (χ2n) is 13.8. The van der Waals surface area contributed by atoms with E-state index in [4.69, 9.17) is 9.47 Å². The first kappa shape index (κ1) is 35.3. The lowest BCUT2D eigenvalue weighted by atomic mass is 9.76. The van der Waals surface area contributed by atoms with Crippen molar-refractivity contribution in [3.8, 4) is 11.5 Å². The van der Waals surface area contributed by atoms with Gasteiger partial charge in [-0.2, -0.15) is 0 Å². The number of anilines is 2. The summed E-state index contributed by atoms with van der Waals surface area (Å²) in [5, 5.41) is 13.6. The summed E-state index contributed by atoms with van der Waals surface area (Å²) in [6, 6.07) is 34.8. The number of carbonyl (C=O) groups excluding carboxylic acids is 3. The lowest BCUT2D eigenvalue weighted by molar-refractivity contribution is -0.384. The number of urea groups is 1. The minimum Gasteiger partial charge on any atom is -0.490 e. The van der Waals surface area contributed by atoms with Gasteiger partial charge in [-0.05, 0) is 83.5 Å². The van der Waals surface area contributed by atoms with Crippen molar-refractivity contribution in [3.05, 3.63) is 164 Å². The minimum absolute atomic E-state index is 0.0418. The number of hydrogen-bond donors (Lipinski definition) is 1. The second-order valence-corrected chi connectivity index (χ2v) is 13.8. The summed E-state index contributed by atoms with van der Waals surface area (Å²) >= 11 is 0. The predicted octanol–water partition coefficient (Wildman–Crippen LogP) is 8.12. The summed E-state index contributed by atoms with van der Waals surface area (Å²) in [5.41, 5.74) is 6.81. The van der Waals surface area contributed by atoms with Gasteiger partial charge in [0, 0.05) is 42.7 Å². The number of carbonyl (C=O) groups is 3. The van der Waals surface area contributed by atoms with E-state index >= 15 is 0 Å². The van der Waals surface area contributed by atoms with Gasteiger partial charge < -0.3 is 14.4 Å². The number of amides is 4. The molecule has 3 aliphatic heterocycles. The number of nitro groups is 1. The smallest absolute Gasteiger partial charge is 0.335 e. The second kappa shape index (κ2) is 14.9. The molecule has 5 aromatic carbocycles. The van der Waals surface area contributed by atoms with Crippen molar-refractivity contribution in [2.45, 2.75) is 38.2 Å². The normalized spacial score (nSPS) is 18.5. The molecule has 55 heavy (non-hydrogen) atoms. The third-order valence-electron chi connectivity index (χ3n) is 10.5. The van der Waals surface area contributed by atoms with Crippen molar-refractivity contribution in [2.24, 2.45) is 0 Å². The van der Waals surface area contributed by atoms with E-state index in [1.807, 2.05) is 55.5 Å².